The Labute approximate surface area is 114 Å². The molecule has 1 N–H and O–H groups in total. The number of nitrogens with one attached hydrogen (secondary N) is 1. The highest BCUT2D eigenvalue weighted by Gasteiger charge is 2.27. The van der Waals surface area contributed by atoms with Gasteiger partial charge < -0.3 is 5.32 Å². The van der Waals surface area contributed by atoms with Crippen molar-refractivity contribution in [3.05, 3.63) is 28.8 Å². The average Bonchev–Trinajstić information content (AvgIpc) is 2.36. The van der Waals surface area contributed by atoms with Gasteiger partial charge in [0.2, 0.25) is 0 Å². The normalized spacial score (nSPS) is 27.6. The van der Waals surface area contributed by atoms with Gasteiger partial charge in [-0.15, -0.1) is 0 Å². The zero-order valence-corrected chi connectivity index (χ0v) is 11.7. The maximum atomic E-state index is 8.94. The molecule has 1 saturated carbocycles. The van der Waals surface area contributed by atoms with Crippen LogP contribution in [0.1, 0.15) is 38.7 Å². The van der Waals surface area contributed by atoms with Crippen LogP contribution < -0.4 is 5.32 Å². The SMILES string of the molecule is CC1CCCC(C)C1Nc1cc(C#N)ccc1Cl. The summed E-state index contributed by atoms with van der Waals surface area (Å²) in [5.74, 6) is 1.30. The number of nitrogens with zero attached hydrogens (tertiary/aromatic N) is 1. The molecule has 0 radical (unpaired) electrons. The number of hydrogen-bond acceptors (Lipinski definition) is 2. The molecule has 2 nitrogen and oxygen atoms in total. The van der Waals surface area contributed by atoms with Crippen LogP contribution in [0.25, 0.3) is 0 Å². The molecule has 0 spiro atoms. The van der Waals surface area contributed by atoms with Crippen LogP contribution >= 0.6 is 11.6 Å². The van der Waals surface area contributed by atoms with Gasteiger partial charge in [0.05, 0.1) is 22.3 Å². The van der Waals surface area contributed by atoms with Gasteiger partial charge in [-0.05, 0) is 42.9 Å². The third-order valence-electron chi connectivity index (χ3n) is 3.96. The molecule has 1 fully saturated rings. The van der Waals surface area contributed by atoms with Crippen LogP contribution in [0, 0.1) is 23.2 Å². The molecule has 0 aliphatic heterocycles. The Balaban J connectivity index is 2.20. The summed E-state index contributed by atoms with van der Waals surface area (Å²) in [5.41, 5.74) is 1.54. The van der Waals surface area contributed by atoms with Gasteiger partial charge in [-0.1, -0.05) is 31.9 Å². The first-order valence-corrected chi connectivity index (χ1v) is 6.96. The molecule has 0 aromatic heterocycles. The molecule has 1 aromatic carbocycles. The van der Waals surface area contributed by atoms with Gasteiger partial charge >= 0.3 is 0 Å². The summed E-state index contributed by atoms with van der Waals surface area (Å²) in [6.07, 6.45) is 3.83. The molecule has 1 aromatic rings. The van der Waals surface area contributed by atoms with Crippen LogP contribution in [0.2, 0.25) is 5.02 Å². The second-order valence-corrected chi connectivity index (χ2v) is 5.77. The summed E-state index contributed by atoms with van der Waals surface area (Å²) in [4.78, 5) is 0. The van der Waals surface area contributed by atoms with Crippen molar-refractivity contribution in [1.82, 2.24) is 0 Å². The third kappa shape index (κ3) is 2.79. The van der Waals surface area contributed by atoms with Gasteiger partial charge in [-0.3, -0.25) is 0 Å². The molecular weight excluding hydrogens is 244 g/mol. The van der Waals surface area contributed by atoms with E-state index in [0.717, 1.165) is 5.69 Å². The summed E-state index contributed by atoms with van der Waals surface area (Å²) in [7, 11) is 0. The van der Waals surface area contributed by atoms with Crippen molar-refractivity contribution in [2.45, 2.75) is 39.2 Å². The first-order valence-electron chi connectivity index (χ1n) is 6.58. The first kappa shape index (κ1) is 13.2. The van der Waals surface area contributed by atoms with E-state index in [1.165, 1.54) is 19.3 Å². The molecule has 2 rings (SSSR count). The van der Waals surface area contributed by atoms with Crippen LogP contribution in [0.4, 0.5) is 5.69 Å². The first-order chi connectivity index (χ1) is 8.61. The van der Waals surface area contributed by atoms with E-state index in [-0.39, 0.29) is 0 Å². The summed E-state index contributed by atoms with van der Waals surface area (Å²) in [6.45, 7) is 4.57. The standard InChI is InChI=1S/C15H19ClN2/c1-10-4-3-5-11(2)15(10)18-14-8-12(9-17)6-7-13(14)16/h6-8,10-11,15,18H,3-5H2,1-2H3. The highest BCUT2D eigenvalue weighted by molar-refractivity contribution is 6.33. The maximum Gasteiger partial charge on any atom is 0.0992 e. The van der Waals surface area contributed by atoms with Crippen molar-refractivity contribution in [2.75, 3.05) is 5.32 Å². The van der Waals surface area contributed by atoms with Gasteiger partial charge in [-0.2, -0.15) is 5.26 Å². The largest absolute Gasteiger partial charge is 0.381 e. The second kappa shape index (κ2) is 5.63. The lowest BCUT2D eigenvalue weighted by Crippen LogP contribution is -2.37. The number of nitriles is 1. The van der Waals surface area contributed by atoms with E-state index in [1.54, 1.807) is 12.1 Å². The number of anilines is 1. The zero-order valence-electron chi connectivity index (χ0n) is 10.9. The van der Waals surface area contributed by atoms with Gasteiger partial charge in [0.1, 0.15) is 0 Å². The minimum atomic E-state index is 0.449. The van der Waals surface area contributed by atoms with Gasteiger partial charge in [0.25, 0.3) is 0 Å². The molecule has 1 aliphatic carbocycles. The molecule has 2 atom stereocenters. The molecule has 0 saturated heterocycles. The van der Waals surface area contributed by atoms with Crippen molar-refractivity contribution < 1.29 is 0 Å². The Morgan fingerprint density at radius 1 is 1.28 bits per heavy atom. The Bertz CT molecular complexity index is 454. The molecule has 0 heterocycles. The van der Waals surface area contributed by atoms with Crippen LogP contribution in [-0.2, 0) is 0 Å². The fourth-order valence-electron chi connectivity index (χ4n) is 2.85. The molecule has 0 amide bonds. The van der Waals surface area contributed by atoms with Crippen LogP contribution in [0.15, 0.2) is 18.2 Å². The van der Waals surface area contributed by atoms with Crippen molar-refractivity contribution in [3.63, 3.8) is 0 Å². The van der Waals surface area contributed by atoms with E-state index in [1.807, 2.05) is 6.07 Å². The smallest absolute Gasteiger partial charge is 0.0992 e. The lowest BCUT2D eigenvalue weighted by molar-refractivity contribution is 0.268. The van der Waals surface area contributed by atoms with Gasteiger partial charge in [0.15, 0.2) is 0 Å². The molecular formula is C15H19ClN2. The van der Waals surface area contributed by atoms with Crippen molar-refractivity contribution in [2.24, 2.45) is 11.8 Å². The highest BCUT2D eigenvalue weighted by Crippen LogP contribution is 2.33. The third-order valence-corrected chi connectivity index (χ3v) is 4.29. The van der Waals surface area contributed by atoms with E-state index < -0.39 is 0 Å². The van der Waals surface area contributed by atoms with Gasteiger partial charge in [0, 0.05) is 6.04 Å². The Kier molecular flexibility index (Phi) is 4.14. The van der Waals surface area contributed by atoms with Crippen LogP contribution in [0.5, 0.6) is 0 Å². The summed E-state index contributed by atoms with van der Waals surface area (Å²) in [6, 6.07) is 7.99. The topological polar surface area (TPSA) is 35.8 Å². The van der Waals surface area contributed by atoms with Crippen LogP contribution in [0.3, 0.4) is 0 Å². The van der Waals surface area contributed by atoms with Crippen molar-refractivity contribution in [1.29, 1.82) is 5.26 Å². The second-order valence-electron chi connectivity index (χ2n) is 5.36. The highest BCUT2D eigenvalue weighted by atomic mass is 35.5. The number of halogens is 1. The predicted molar refractivity (Wildman–Crippen MR) is 75.8 cm³/mol. The zero-order chi connectivity index (χ0) is 13.1. The lowest BCUT2D eigenvalue weighted by Gasteiger charge is -2.36. The van der Waals surface area contributed by atoms with Crippen LogP contribution in [-0.4, -0.2) is 6.04 Å². The quantitative estimate of drug-likeness (QED) is 0.855. The molecule has 2 unspecified atom stereocenters. The Morgan fingerprint density at radius 2 is 1.94 bits per heavy atom. The van der Waals surface area contributed by atoms with Gasteiger partial charge in [-0.25, -0.2) is 0 Å². The van der Waals surface area contributed by atoms with Crippen molar-refractivity contribution in [3.8, 4) is 6.07 Å². The number of rotatable bonds is 2. The molecule has 0 bridgehead atoms. The fraction of sp³-hybridized carbons (Fsp3) is 0.533. The maximum absolute atomic E-state index is 8.94. The van der Waals surface area contributed by atoms with E-state index in [4.69, 9.17) is 16.9 Å². The average molecular weight is 263 g/mol. The summed E-state index contributed by atoms with van der Waals surface area (Å²) >= 11 is 6.20. The number of benzene rings is 1. The van der Waals surface area contributed by atoms with E-state index in [2.05, 4.69) is 25.2 Å². The minimum Gasteiger partial charge on any atom is -0.381 e. The van der Waals surface area contributed by atoms with E-state index in [9.17, 15) is 0 Å². The minimum absolute atomic E-state index is 0.449. The predicted octanol–water partition coefficient (Wildman–Crippen LogP) is 4.45. The Hall–Kier alpha value is -1.20. The lowest BCUT2D eigenvalue weighted by atomic mass is 9.78. The fourth-order valence-corrected chi connectivity index (χ4v) is 3.02. The monoisotopic (exact) mass is 262 g/mol. The Morgan fingerprint density at radius 3 is 2.56 bits per heavy atom. The van der Waals surface area contributed by atoms with E-state index in [0.29, 0.717) is 28.5 Å². The summed E-state index contributed by atoms with van der Waals surface area (Å²) in [5, 5.41) is 13.2. The molecule has 96 valence electrons. The number of hydrogen-bond donors (Lipinski definition) is 1. The molecule has 3 heteroatoms. The van der Waals surface area contributed by atoms with E-state index >= 15 is 0 Å². The summed E-state index contributed by atoms with van der Waals surface area (Å²) < 4.78 is 0. The van der Waals surface area contributed by atoms with Crippen molar-refractivity contribution >= 4 is 17.3 Å². The molecule has 18 heavy (non-hydrogen) atoms. The molecule has 1 aliphatic rings.